The summed E-state index contributed by atoms with van der Waals surface area (Å²) in [6.07, 6.45) is 2.96. The summed E-state index contributed by atoms with van der Waals surface area (Å²) in [5.74, 6) is -0.627. The van der Waals surface area contributed by atoms with Gasteiger partial charge in [0.15, 0.2) is 5.03 Å². The maximum Gasteiger partial charge on any atom is 0.287 e. The molecular weight excluding hydrogens is 377 g/mol. The van der Waals surface area contributed by atoms with E-state index in [4.69, 9.17) is 11.6 Å². The van der Waals surface area contributed by atoms with Crippen LogP contribution in [0.15, 0.2) is 70.7 Å². The second kappa shape index (κ2) is 8.16. The fraction of sp³-hybridized carbons (Fsp3) is 0.0556. The number of hydrogen-bond donors (Lipinski definition) is 1. The van der Waals surface area contributed by atoms with Gasteiger partial charge in [0.2, 0.25) is 5.91 Å². The second-order valence-corrected chi connectivity index (χ2v) is 6.63. The topological polar surface area (TPSA) is 64.0 Å². The highest BCUT2D eigenvalue weighted by Crippen LogP contribution is 2.16. The molecule has 26 heavy (non-hydrogen) atoms. The Labute approximate surface area is 157 Å². The van der Waals surface area contributed by atoms with Crippen molar-refractivity contribution in [3.8, 4) is 5.69 Å². The molecule has 0 fully saturated rings. The van der Waals surface area contributed by atoms with Crippen LogP contribution < -0.4 is 10.9 Å². The molecule has 132 valence electrons. The van der Waals surface area contributed by atoms with Gasteiger partial charge in [0, 0.05) is 28.8 Å². The molecule has 0 aliphatic rings. The highest BCUT2D eigenvalue weighted by Gasteiger charge is 2.10. The van der Waals surface area contributed by atoms with Crippen molar-refractivity contribution in [2.24, 2.45) is 0 Å². The number of rotatable bonds is 5. The maximum absolute atomic E-state index is 13.0. The van der Waals surface area contributed by atoms with Crippen LogP contribution in [-0.4, -0.2) is 21.2 Å². The fourth-order valence-corrected chi connectivity index (χ4v) is 2.99. The van der Waals surface area contributed by atoms with Gasteiger partial charge in [-0.2, -0.15) is 0 Å². The van der Waals surface area contributed by atoms with Gasteiger partial charge in [0.05, 0.1) is 5.75 Å². The van der Waals surface area contributed by atoms with E-state index in [0.717, 1.165) is 11.8 Å². The number of amides is 1. The standard InChI is InChI=1S/C18H13ClFN3O2S/c19-12-1-5-14(6-2-12)22-16(24)11-26-17-18(25)23(10-9-21-17)15-7-3-13(20)4-8-15/h1-10H,11H2,(H,22,24). The summed E-state index contributed by atoms with van der Waals surface area (Å²) >= 11 is 6.83. The minimum Gasteiger partial charge on any atom is -0.325 e. The first-order valence-electron chi connectivity index (χ1n) is 7.55. The van der Waals surface area contributed by atoms with Crippen molar-refractivity contribution in [3.63, 3.8) is 0 Å². The van der Waals surface area contributed by atoms with Crippen LogP contribution in [0.4, 0.5) is 10.1 Å². The number of halogens is 2. The zero-order chi connectivity index (χ0) is 18.5. The molecule has 3 rings (SSSR count). The summed E-state index contributed by atoms with van der Waals surface area (Å²) in [6.45, 7) is 0. The minimum absolute atomic E-state index is 0.0261. The molecule has 5 nitrogen and oxygen atoms in total. The van der Waals surface area contributed by atoms with Crippen LogP contribution in [0.25, 0.3) is 5.69 Å². The molecule has 1 amide bonds. The van der Waals surface area contributed by atoms with Crippen molar-refractivity contribution in [2.75, 3.05) is 11.1 Å². The van der Waals surface area contributed by atoms with Crippen molar-refractivity contribution in [1.29, 1.82) is 0 Å². The Bertz CT molecular complexity index is 975. The normalized spacial score (nSPS) is 10.5. The van der Waals surface area contributed by atoms with Gasteiger partial charge >= 0.3 is 0 Å². The van der Waals surface area contributed by atoms with Gasteiger partial charge in [-0.3, -0.25) is 14.2 Å². The predicted octanol–water partition coefficient (Wildman–Crippen LogP) is 3.76. The van der Waals surface area contributed by atoms with Gasteiger partial charge < -0.3 is 5.32 Å². The van der Waals surface area contributed by atoms with Crippen molar-refractivity contribution < 1.29 is 9.18 Å². The molecule has 0 bridgehead atoms. The number of nitrogens with zero attached hydrogens (tertiary/aromatic N) is 2. The number of nitrogens with one attached hydrogen (secondary N) is 1. The predicted molar refractivity (Wildman–Crippen MR) is 101 cm³/mol. The largest absolute Gasteiger partial charge is 0.325 e. The van der Waals surface area contributed by atoms with E-state index in [0.29, 0.717) is 16.4 Å². The number of anilines is 1. The van der Waals surface area contributed by atoms with E-state index in [1.54, 1.807) is 24.3 Å². The average Bonchev–Trinajstić information content (AvgIpc) is 2.64. The molecule has 1 aromatic heterocycles. The fourth-order valence-electron chi connectivity index (χ4n) is 2.16. The first-order chi connectivity index (χ1) is 12.5. The van der Waals surface area contributed by atoms with Crippen LogP contribution in [0.1, 0.15) is 0 Å². The van der Waals surface area contributed by atoms with Crippen molar-refractivity contribution in [3.05, 3.63) is 82.1 Å². The van der Waals surface area contributed by atoms with E-state index in [1.165, 1.54) is 41.2 Å². The quantitative estimate of drug-likeness (QED) is 0.675. The molecule has 0 aliphatic heterocycles. The smallest absolute Gasteiger partial charge is 0.287 e. The number of benzene rings is 2. The molecule has 2 aromatic carbocycles. The molecule has 0 aliphatic carbocycles. The lowest BCUT2D eigenvalue weighted by atomic mass is 10.3. The molecular formula is C18H13ClFN3O2S. The van der Waals surface area contributed by atoms with Gasteiger partial charge in [-0.25, -0.2) is 9.37 Å². The van der Waals surface area contributed by atoms with Crippen molar-refractivity contribution in [1.82, 2.24) is 9.55 Å². The molecule has 0 radical (unpaired) electrons. The number of hydrogen-bond acceptors (Lipinski definition) is 4. The Morgan fingerprint density at radius 2 is 1.85 bits per heavy atom. The second-order valence-electron chi connectivity index (χ2n) is 5.23. The van der Waals surface area contributed by atoms with Gasteiger partial charge in [-0.1, -0.05) is 23.4 Å². The third-order valence-electron chi connectivity index (χ3n) is 3.38. The monoisotopic (exact) mass is 389 g/mol. The Hall–Kier alpha value is -2.64. The van der Waals surface area contributed by atoms with Crippen LogP contribution in [-0.2, 0) is 4.79 Å². The van der Waals surface area contributed by atoms with E-state index < -0.39 is 0 Å². The third kappa shape index (κ3) is 4.50. The summed E-state index contributed by atoms with van der Waals surface area (Å²) in [5, 5.41) is 3.47. The molecule has 0 saturated heterocycles. The first kappa shape index (κ1) is 18.2. The Morgan fingerprint density at radius 3 is 2.54 bits per heavy atom. The lowest BCUT2D eigenvalue weighted by molar-refractivity contribution is -0.113. The summed E-state index contributed by atoms with van der Waals surface area (Å²) in [4.78, 5) is 28.6. The summed E-state index contributed by atoms with van der Waals surface area (Å²) in [7, 11) is 0. The van der Waals surface area contributed by atoms with E-state index in [9.17, 15) is 14.0 Å². The van der Waals surface area contributed by atoms with Gasteiger partial charge in [0.1, 0.15) is 5.82 Å². The van der Waals surface area contributed by atoms with Crippen LogP contribution in [0.3, 0.4) is 0 Å². The molecule has 1 heterocycles. The lowest BCUT2D eigenvalue weighted by Crippen LogP contribution is -2.22. The minimum atomic E-state index is -0.385. The Kier molecular flexibility index (Phi) is 5.70. The molecule has 0 unspecified atom stereocenters. The van der Waals surface area contributed by atoms with E-state index in [1.807, 2.05) is 0 Å². The Balaban J connectivity index is 1.69. The SMILES string of the molecule is O=C(CSc1nccn(-c2ccc(F)cc2)c1=O)Nc1ccc(Cl)cc1. The number of carbonyl (C=O) groups is 1. The number of aromatic nitrogens is 2. The van der Waals surface area contributed by atoms with Gasteiger partial charge in [-0.05, 0) is 48.5 Å². The molecule has 0 spiro atoms. The molecule has 3 aromatic rings. The average molecular weight is 390 g/mol. The summed E-state index contributed by atoms with van der Waals surface area (Å²) in [6, 6.07) is 12.3. The maximum atomic E-state index is 13.0. The molecule has 0 atom stereocenters. The van der Waals surface area contributed by atoms with Crippen LogP contribution >= 0.6 is 23.4 Å². The van der Waals surface area contributed by atoms with Gasteiger partial charge in [-0.15, -0.1) is 0 Å². The van der Waals surface area contributed by atoms with E-state index >= 15 is 0 Å². The highest BCUT2D eigenvalue weighted by molar-refractivity contribution is 7.99. The molecule has 0 saturated carbocycles. The lowest BCUT2D eigenvalue weighted by Gasteiger charge is -2.08. The van der Waals surface area contributed by atoms with E-state index in [-0.39, 0.29) is 28.1 Å². The summed E-state index contributed by atoms with van der Waals surface area (Å²) in [5.41, 5.74) is 0.763. The summed E-state index contributed by atoms with van der Waals surface area (Å²) < 4.78 is 14.4. The van der Waals surface area contributed by atoms with Crippen molar-refractivity contribution in [2.45, 2.75) is 5.03 Å². The van der Waals surface area contributed by atoms with Gasteiger partial charge in [0.25, 0.3) is 5.56 Å². The third-order valence-corrected chi connectivity index (χ3v) is 4.59. The van der Waals surface area contributed by atoms with Crippen molar-refractivity contribution >= 4 is 35.0 Å². The highest BCUT2D eigenvalue weighted by atomic mass is 35.5. The number of carbonyl (C=O) groups excluding carboxylic acids is 1. The zero-order valence-corrected chi connectivity index (χ0v) is 14.9. The Morgan fingerprint density at radius 1 is 1.15 bits per heavy atom. The number of thioether (sulfide) groups is 1. The zero-order valence-electron chi connectivity index (χ0n) is 13.4. The van der Waals surface area contributed by atoms with Crippen LogP contribution in [0.5, 0.6) is 0 Å². The first-order valence-corrected chi connectivity index (χ1v) is 8.91. The van der Waals surface area contributed by atoms with Crippen LogP contribution in [0, 0.1) is 5.82 Å². The van der Waals surface area contributed by atoms with Crippen LogP contribution in [0.2, 0.25) is 5.02 Å². The molecule has 8 heteroatoms. The van der Waals surface area contributed by atoms with E-state index in [2.05, 4.69) is 10.3 Å². The molecule has 1 N–H and O–H groups in total.